The quantitative estimate of drug-likeness (QED) is 0.787. The zero-order valence-corrected chi connectivity index (χ0v) is 16.4. The summed E-state index contributed by atoms with van der Waals surface area (Å²) >= 11 is 6.39. The van der Waals surface area contributed by atoms with Crippen molar-refractivity contribution in [2.45, 2.75) is 12.2 Å². The molecule has 0 bridgehead atoms. The second-order valence-corrected chi connectivity index (χ2v) is 6.94. The first-order valence-corrected chi connectivity index (χ1v) is 9.26. The molecule has 4 nitrogen and oxygen atoms in total. The molecule has 1 aliphatic rings. The van der Waals surface area contributed by atoms with E-state index in [-0.39, 0.29) is 5.02 Å². The lowest BCUT2D eigenvalue weighted by Crippen LogP contribution is -2.45. The SMILES string of the molecule is COc1ccc(C(c2cc(C(F)(F)F)ccc2Cl)N2CCNCC2)c(OC)c1. The first-order valence-electron chi connectivity index (χ1n) is 8.88. The van der Waals surface area contributed by atoms with Crippen LogP contribution in [0.1, 0.15) is 22.7 Å². The molecule has 1 aliphatic heterocycles. The van der Waals surface area contributed by atoms with Crippen molar-refractivity contribution in [3.05, 3.63) is 58.1 Å². The number of nitrogens with zero attached hydrogens (tertiary/aromatic N) is 1. The van der Waals surface area contributed by atoms with E-state index in [4.69, 9.17) is 21.1 Å². The molecule has 1 atom stereocenters. The minimum Gasteiger partial charge on any atom is -0.497 e. The Morgan fingerprint density at radius 2 is 1.71 bits per heavy atom. The summed E-state index contributed by atoms with van der Waals surface area (Å²) in [6.07, 6.45) is -4.45. The van der Waals surface area contributed by atoms with Gasteiger partial charge >= 0.3 is 6.18 Å². The second kappa shape index (κ2) is 8.59. The van der Waals surface area contributed by atoms with Crippen LogP contribution in [0.3, 0.4) is 0 Å². The van der Waals surface area contributed by atoms with Crippen LogP contribution in [0.4, 0.5) is 13.2 Å². The highest BCUT2D eigenvalue weighted by Crippen LogP contribution is 2.41. The largest absolute Gasteiger partial charge is 0.497 e. The average molecular weight is 415 g/mol. The fourth-order valence-corrected chi connectivity index (χ4v) is 3.70. The van der Waals surface area contributed by atoms with Crippen LogP contribution in [0.2, 0.25) is 5.02 Å². The number of piperazine rings is 1. The molecule has 0 radical (unpaired) electrons. The summed E-state index contributed by atoms with van der Waals surface area (Å²) in [5, 5.41) is 3.55. The number of benzene rings is 2. The number of alkyl halides is 3. The Hall–Kier alpha value is -1.96. The summed E-state index contributed by atoms with van der Waals surface area (Å²) in [4.78, 5) is 2.11. The van der Waals surface area contributed by atoms with Gasteiger partial charge in [0, 0.05) is 42.8 Å². The van der Waals surface area contributed by atoms with Gasteiger partial charge in [-0.2, -0.15) is 13.2 Å². The Bertz CT molecular complexity index is 824. The van der Waals surface area contributed by atoms with Gasteiger partial charge in [0.1, 0.15) is 11.5 Å². The van der Waals surface area contributed by atoms with Crippen LogP contribution in [0.15, 0.2) is 36.4 Å². The fourth-order valence-electron chi connectivity index (χ4n) is 3.48. The topological polar surface area (TPSA) is 33.7 Å². The Balaban J connectivity index is 2.16. The number of nitrogens with one attached hydrogen (secondary N) is 1. The molecule has 0 amide bonds. The lowest BCUT2D eigenvalue weighted by Gasteiger charge is -2.36. The molecule has 1 heterocycles. The van der Waals surface area contributed by atoms with Gasteiger partial charge in [0.2, 0.25) is 0 Å². The maximum absolute atomic E-state index is 13.3. The third-order valence-corrected chi connectivity index (χ3v) is 5.21. The molecule has 0 saturated carbocycles. The van der Waals surface area contributed by atoms with Crippen molar-refractivity contribution in [3.63, 3.8) is 0 Å². The van der Waals surface area contributed by atoms with Gasteiger partial charge in [-0.05, 0) is 35.9 Å². The predicted octanol–water partition coefficient (Wildman–Crippen LogP) is 4.37. The molecule has 1 N–H and O–H groups in total. The number of ether oxygens (including phenoxy) is 2. The molecular weight excluding hydrogens is 393 g/mol. The zero-order chi connectivity index (χ0) is 20.3. The van der Waals surface area contributed by atoms with E-state index in [0.29, 0.717) is 30.2 Å². The number of rotatable bonds is 5. The van der Waals surface area contributed by atoms with Crippen molar-refractivity contribution < 1.29 is 22.6 Å². The Morgan fingerprint density at radius 1 is 1.00 bits per heavy atom. The third-order valence-electron chi connectivity index (χ3n) is 4.87. The molecule has 0 aliphatic carbocycles. The number of methoxy groups -OCH3 is 2. The van der Waals surface area contributed by atoms with Gasteiger partial charge < -0.3 is 14.8 Å². The maximum atomic E-state index is 13.3. The molecule has 1 fully saturated rings. The Labute approximate surface area is 167 Å². The van der Waals surface area contributed by atoms with E-state index in [1.54, 1.807) is 19.2 Å². The van der Waals surface area contributed by atoms with Crippen LogP contribution in [-0.4, -0.2) is 45.3 Å². The van der Waals surface area contributed by atoms with Crippen molar-refractivity contribution >= 4 is 11.6 Å². The van der Waals surface area contributed by atoms with Gasteiger partial charge in [0.25, 0.3) is 0 Å². The van der Waals surface area contributed by atoms with E-state index in [1.807, 2.05) is 6.07 Å². The van der Waals surface area contributed by atoms with E-state index in [2.05, 4.69) is 10.2 Å². The van der Waals surface area contributed by atoms with Gasteiger partial charge in [0.15, 0.2) is 0 Å². The zero-order valence-electron chi connectivity index (χ0n) is 15.6. The molecule has 1 unspecified atom stereocenters. The van der Waals surface area contributed by atoms with Crippen molar-refractivity contribution in [1.29, 1.82) is 0 Å². The molecule has 152 valence electrons. The van der Waals surface area contributed by atoms with E-state index < -0.39 is 17.8 Å². The van der Waals surface area contributed by atoms with Gasteiger partial charge in [-0.1, -0.05) is 11.6 Å². The van der Waals surface area contributed by atoms with E-state index >= 15 is 0 Å². The maximum Gasteiger partial charge on any atom is 0.416 e. The number of halogens is 4. The monoisotopic (exact) mass is 414 g/mol. The van der Waals surface area contributed by atoms with Crippen LogP contribution in [-0.2, 0) is 6.18 Å². The second-order valence-electron chi connectivity index (χ2n) is 6.53. The summed E-state index contributed by atoms with van der Waals surface area (Å²) in [5.41, 5.74) is 0.424. The van der Waals surface area contributed by atoms with Gasteiger partial charge in [-0.15, -0.1) is 0 Å². The van der Waals surface area contributed by atoms with Crippen molar-refractivity contribution in [2.24, 2.45) is 0 Å². The average Bonchev–Trinajstić information content (AvgIpc) is 2.69. The minimum absolute atomic E-state index is 0.286. The van der Waals surface area contributed by atoms with Crippen molar-refractivity contribution in [2.75, 3.05) is 40.4 Å². The standard InChI is InChI=1S/C20H22ClF3N2O2/c1-27-14-4-5-15(18(12-14)28-2)19(26-9-7-25-8-10-26)16-11-13(20(22,23)24)3-6-17(16)21/h3-6,11-12,19,25H,7-10H2,1-2H3. The van der Waals surface area contributed by atoms with Crippen LogP contribution in [0, 0.1) is 0 Å². The van der Waals surface area contributed by atoms with Crippen LogP contribution >= 0.6 is 11.6 Å². The highest BCUT2D eigenvalue weighted by Gasteiger charge is 2.34. The molecule has 0 aromatic heterocycles. The normalized spacial score (nSPS) is 16.6. The Morgan fingerprint density at radius 3 is 2.32 bits per heavy atom. The lowest BCUT2D eigenvalue weighted by molar-refractivity contribution is -0.137. The number of hydrogen-bond donors (Lipinski definition) is 1. The predicted molar refractivity (Wildman–Crippen MR) is 102 cm³/mol. The summed E-state index contributed by atoms with van der Waals surface area (Å²) in [6, 6.07) is 8.30. The van der Waals surface area contributed by atoms with E-state index in [9.17, 15) is 13.2 Å². The lowest BCUT2D eigenvalue weighted by atomic mass is 9.94. The van der Waals surface area contributed by atoms with Gasteiger partial charge in [0.05, 0.1) is 25.8 Å². The Kier molecular flexibility index (Phi) is 6.37. The molecule has 28 heavy (non-hydrogen) atoms. The molecular formula is C20H22ClF3N2O2. The van der Waals surface area contributed by atoms with E-state index in [1.165, 1.54) is 13.2 Å². The summed E-state index contributed by atoms with van der Waals surface area (Å²) in [7, 11) is 3.08. The molecule has 8 heteroatoms. The molecule has 2 aromatic carbocycles. The summed E-state index contributed by atoms with van der Waals surface area (Å²) in [5.74, 6) is 1.14. The summed E-state index contributed by atoms with van der Waals surface area (Å²) in [6.45, 7) is 2.83. The highest BCUT2D eigenvalue weighted by atomic mass is 35.5. The number of hydrogen-bond acceptors (Lipinski definition) is 4. The highest BCUT2D eigenvalue weighted by molar-refractivity contribution is 6.31. The first kappa shape index (κ1) is 20.8. The van der Waals surface area contributed by atoms with Gasteiger partial charge in [-0.3, -0.25) is 4.90 Å². The molecule has 1 saturated heterocycles. The first-order chi connectivity index (χ1) is 13.3. The summed E-state index contributed by atoms with van der Waals surface area (Å²) < 4.78 is 50.8. The van der Waals surface area contributed by atoms with Crippen LogP contribution in [0.5, 0.6) is 11.5 Å². The van der Waals surface area contributed by atoms with E-state index in [0.717, 1.165) is 30.8 Å². The molecule has 3 rings (SSSR count). The minimum atomic E-state index is -4.45. The van der Waals surface area contributed by atoms with Crippen LogP contribution < -0.4 is 14.8 Å². The molecule has 2 aromatic rings. The van der Waals surface area contributed by atoms with Crippen LogP contribution in [0.25, 0.3) is 0 Å². The third kappa shape index (κ3) is 4.37. The van der Waals surface area contributed by atoms with Crippen molar-refractivity contribution in [1.82, 2.24) is 10.2 Å². The smallest absolute Gasteiger partial charge is 0.416 e. The molecule has 0 spiro atoms. The fraction of sp³-hybridized carbons (Fsp3) is 0.400. The van der Waals surface area contributed by atoms with Crippen molar-refractivity contribution in [3.8, 4) is 11.5 Å². The van der Waals surface area contributed by atoms with Gasteiger partial charge in [-0.25, -0.2) is 0 Å².